The average Bonchev–Trinajstić information content (AvgIpc) is 3.36. The molecule has 1 saturated carbocycles. The topological polar surface area (TPSA) is 50.2 Å². The van der Waals surface area contributed by atoms with Crippen molar-refractivity contribution in [1.29, 1.82) is 0 Å². The van der Waals surface area contributed by atoms with Gasteiger partial charge in [-0.2, -0.15) is 5.10 Å². The smallest absolute Gasteiger partial charge is 0.251 e. The predicted molar refractivity (Wildman–Crippen MR) is 130 cm³/mol. The van der Waals surface area contributed by atoms with Gasteiger partial charge in [0.05, 0.1) is 5.69 Å². The second-order valence-electron chi connectivity index (χ2n) is 9.89. The summed E-state index contributed by atoms with van der Waals surface area (Å²) in [5.74, 6) is 1.51. The van der Waals surface area contributed by atoms with Gasteiger partial charge in [0.25, 0.3) is 5.91 Å². The van der Waals surface area contributed by atoms with Crippen LogP contribution < -0.4 is 5.32 Å². The summed E-state index contributed by atoms with van der Waals surface area (Å²) >= 11 is 0. The SMILES string of the molecule is CCCCCC1CCCN(CC2CCCCC2NC(=O)c2ccc(-n3cccn3)cc2)C1. The van der Waals surface area contributed by atoms with Crippen LogP contribution in [0.1, 0.15) is 81.5 Å². The lowest BCUT2D eigenvalue weighted by Crippen LogP contribution is -2.48. The van der Waals surface area contributed by atoms with Crippen LogP contribution in [0.5, 0.6) is 0 Å². The molecule has 1 aromatic carbocycles. The Kier molecular flexibility index (Phi) is 8.38. The van der Waals surface area contributed by atoms with Gasteiger partial charge in [-0.15, -0.1) is 0 Å². The van der Waals surface area contributed by atoms with Crippen LogP contribution in [0.3, 0.4) is 0 Å². The molecule has 1 aliphatic carbocycles. The van der Waals surface area contributed by atoms with E-state index in [1.807, 2.05) is 41.2 Å². The summed E-state index contributed by atoms with van der Waals surface area (Å²) in [7, 11) is 0. The zero-order chi connectivity index (χ0) is 22.2. The van der Waals surface area contributed by atoms with Crippen LogP contribution in [0.25, 0.3) is 5.69 Å². The second-order valence-corrected chi connectivity index (χ2v) is 9.89. The molecule has 3 atom stereocenters. The molecule has 5 heteroatoms. The zero-order valence-corrected chi connectivity index (χ0v) is 19.7. The van der Waals surface area contributed by atoms with Gasteiger partial charge < -0.3 is 10.2 Å². The summed E-state index contributed by atoms with van der Waals surface area (Å²) in [5.41, 5.74) is 1.71. The third-order valence-corrected chi connectivity index (χ3v) is 7.44. The van der Waals surface area contributed by atoms with Crippen molar-refractivity contribution in [2.45, 2.75) is 77.2 Å². The number of unbranched alkanes of at least 4 members (excludes halogenated alkanes) is 2. The Morgan fingerprint density at radius 1 is 1.09 bits per heavy atom. The van der Waals surface area contributed by atoms with E-state index >= 15 is 0 Å². The third-order valence-electron chi connectivity index (χ3n) is 7.44. The Bertz CT molecular complexity index is 817. The van der Waals surface area contributed by atoms with E-state index in [1.54, 1.807) is 6.20 Å². The van der Waals surface area contributed by atoms with E-state index in [-0.39, 0.29) is 5.91 Å². The molecule has 1 aliphatic heterocycles. The molecular weight excluding hydrogens is 396 g/mol. The minimum absolute atomic E-state index is 0.0602. The van der Waals surface area contributed by atoms with Gasteiger partial charge >= 0.3 is 0 Å². The van der Waals surface area contributed by atoms with Gasteiger partial charge in [0.2, 0.25) is 0 Å². The van der Waals surface area contributed by atoms with Crippen LogP contribution in [0.15, 0.2) is 42.7 Å². The number of nitrogens with zero attached hydrogens (tertiary/aromatic N) is 3. The van der Waals surface area contributed by atoms with Crippen molar-refractivity contribution in [3.8, 4) is 5.69 Å². The first kappa shape index (κ1) is 23.0. The Balaban J connectivity index is 1.31. The Labute approximate surface area is 193 Å². The van der Waals surface area contributed by atoms with Crippen molar-refractivity contribution in [1.82, 2.24) is 20.0 Å². The normalized spacial score (nSPS) is 24.3. The van der Waals surface area contributed by atoms with Gasteiger partial charge in [0, 0.05) is 37.1 Å². The number of nitrogens with one attached hydrogen (secondary N) is 1. The average molecular weight is 437 g/mol. The van der Waals surface area contributed by atoms with Gasteiger partial charge in [-0.3, -0.25) is 4.79 Å². The first-order valence-corrected chi connectivity index (χ1v) is 12.9. The number of piperidine rings is 1. The lowest BCUT2D eigenvalue weighted by Gasteiger charge is -2.39. The highest BCUT2D eigenvalue weighted by Gasteiger charge is 2.30. The number of amides is 1. The number of hydrogen-bond donors (Lipinski definition) is 1. The molecule has 1 N–H and O–H groups in total. The fraction of sp³-hybridized carbons (Fsp3) is 0.630. The van der Waals surface area contributed by atoms with Crippen molar-refractivity contribution >= 4 is 5.91 Å². The highest BCUT2D eigenvalue weighted by molar-refractivity contribution is 5.94. The quantitative estimate of drug-likeness (QED) is 0.532. The molecule has 1 saturated heterocycles. The van der Waals surface area contributed by atoms with Crippen LogP contribution in [0, 0.1) is 11.8 Å². The summed E-state index contributed by atoms with van der Waals surface area (Å²) in [6, 6.07) is 9.95. The minimum Gasteiger partial charge on any atom is -0.349 e. The summed E-state index contributed by atoms with van der Waals surface area (Å²) in [4.78, 5) is 15.7. The molecule has 3 unspecified atom stereocenters. The fourth-order valence-electron chi connectivity index (χ4n) is 5.62. The van der Waals surface area contributed by atoms with Gasteiger partial charge in [-0.05, 0) is 80.8 Å². The molecule has 2 aliphatic rings. The van der Waals surface area contributed by atoms with E-state index in [2.05, 4.69) is 22.2 Å². The molecular formula is C27H40N4O. The fourth-order valence-corrected chi connectivity index (χ4v) is 5.62. The molecule has 32 heavy (non-hydrogen) atoms. The number of carbonyl (C=O) groups is 1. The number of aromatic nitrogens is 2. The zero-order valence-electron chi connectivity index (χ0n) is 19.7. The molecule has 2 fully saturated rings. The van der Waals surface area contributed by atoms with Gasteiger partial charge in [0.1, 0.15) is 0 Å². The molecule has 0 bridgehead atoms. The standard InChI is InChI=1S/C27H40N4O/c1-2-3-4-9-22-10-7-18-30(20-22)21-24-11-5-6-12-26(24)29-27(32)23-13-15-25(16-14-23)31-19-8-17-28-31/h8,13-17,19,22,24,26H,2-7,9-12,18,20-21H2,1H3,(H,29,32). The van der Waals surface area contributed by atoms with Gasteiger partial charge in [0.15, 0.2) is 0 Å². The number of hydrogen-bond acceptors (Lipinski definition) is 3. The lowest BCUT2D eigenvalue weighted by atomic mass is 9.83. The van der Waals surface area contributed by atoms with Crippen molar-refractivity contribution in [2.75, 3.05) is 19.6 Å². The van der Waals surface area contributed by atoms with Gasteiger partial charge in [-0.1, -0.05) is 39.0 Å². The molecule has 2 heterocycles. The van der Waals surface area contributed by atoms with E-state index in [1.165, 1.54) is 70.9 Å². The largest absolute Gasteiger partial charge is 0.349 e. The van der Waals surface area contributed by atoms with E-state index in [4.69, 9.17) is 0 Å². The molecule has 1 amide bonds. The summed E-state index contributed by atoms with van der Waals surface area (Å²) in [6.45, 7) is 5.93. The van der Waals surface area contributed by atoms with Crippen LogP contribution in [-0.2, 0) is 0 Å². The number of rotatable bonds is 9. The monoisotopic (exact) mass is 436 g/mol. The molecule has 0 radical (unpaired) electrons. The van der Waals surface area contributed by atoms with Crippen molar-refractivity contribution < 1.29 is 4.79 Å². The van der Waals surface area contributed by atoms with Crippen LogP contribution in [0.4, 0.5) is 0 Å². The Hall–Kier alpha value is -2.14. The minimum atomic E-state index is 0.0602. The lowest BCUT2D eigenvalue weighted by molar-refractivity contribution is 0.0853. The Morgan fingerprint density at radius 3 is 2.72 bits per heavy atom. The van der Waals surface area contributed by atoms with Crippen molar-refractivity contribution in [3.63, 3.8) is 0 Å². The molecule has 4 rings (SSSR count). The highest BCUT2D eigenvalue weighted by atomic mass is 16.1. The first-order chi connectivity index (χ1) is 15.7. The van der Waals surface area contributed by atoms with Crippen LogP contribution >= 0.6 is 0 Å². The van der Waals surface area contributed by atoms with Crippen molar-refractivity contribution in [3.05, 3.63) is 48.3 Å². The summed E-state index contributed by atoms with van der Waals surface area (Å²) in [5, 5.41) is 7.65. The summed E-state index contributed by atoms with van der Waals surface area (Å²) in [6.07, 6.45) is 16.7. The molecule has 5 nitrogen and oxygen atoms in total. The van der Waals surface area contributed by atoms with Gasteiger partial charge in [-0.25, -0.2) is 4.68 Å². The van der Waals surface area contributed by atoms with E-state index in [0.717, 1.165) is 30.1 Å². The maximum atomic E-state index is 13.0. The predicted octanol–water partition coefficient (Wildman–Crippen LogP) is 5.45. The van der Waals surface area contributed by atoms with Crippen LogP contribution in [-0.4, -0.2) is 46.3 Å². The van der Waals surface area contributed by atoms with Crippen LogP contribution in [0.2, 0.25) is 0 Å². The number of benzene rings is 1. The third kappa shape index (κ3) is 6.22. The highest BCUT2D eigenvalue weighted by Crippen LogP contribution is 2.29. The second kappa shape index (κ2) is 11.6. The van der Waals surface area contributed by atoms with E-state index in [9.17, 15) is 4.79 Å². The Morgan fingerprint density at radius 2 is 1.94 bits per heavy atom. The first-order valence-electron chi connectivity index (χ1n) is 12.9. The van der Waals surface area contributed by atoms with Crippen molar-refractivity contribution in [2.24, 2.45) is 11.8 Å². The molecule has 2 aromatic rings. The number of likely N-dealkylation sites (tertiary alicyclic amines) is 1. The van der Waals surface area contributed by atoms with E-state index in [0.29, 0.717) is 12.0 Å². The van der Waals surface area contributed by atoms with E-state index < -0.39 is 0 Å². The maximum absolute atomic E-state index is 13.0. The number of carbonyl (C=O) groups excluding carboxylic acids is 1. The molecule has 0 spiro atoms. The molecule has 1 aromatic heterocycles. The molecule has 174 valence electrons. The maximum Gasteiger partial charge on any atom is 0.251 e. The summed E-state index contributed by atoms with van der Waals surface area (Å²) < 4.78 is 1.81.